The van der Waals surface area contributed by atoms with Crippen molar-refractivity contribution in [1.29, 1.82) is 0 Å². The van der Waals surface area contributed by atoms with Crippen molar-refractivity contribution in [3.63, 3.8) is 0 Å². The molecule has 10 heteroatoms. The van der Waals surface area contributed by atoms with E-state index in [1.165, 1.54) is 0 Å². The standard InChI is InChI=1S/C26H22N2O7S/c29-23(17-4-2-1-3-5-17)27-18-8-11-21-22(15-18)36-26(34)28(21)12-13-35-19-9-6-16(7-10-19)14-20(24(30)31)25(32)33/h1-11,15,20H,12-14H2,(H,27,29)(H,30,31)(H,32,33). The first-order chi connectivity index (χ1) is 17.3. The molecule has 0 radical (unpaired) electrons. The van der Waals surface area contributed by atoms with Gasteiger partial charge in [-0.1, -0.05) is 41.7 Å². The number of ether oxygens (including phenoxy) is 1. The quantitative estimate of drug-likeness (QED) is 0.279. The van der Waals surface area contributed by atoms with E-state index in [2.05, 4.69) is 5.32 Å². The molecule has 1 amide bonds. The maximum Gasteiger partial charge on any atom is 0.318 e. The van der Waals surface area contributed by atoms with E-state index in [1.807, 2.05) is 6.07 Å². The third-order valence-electron chi connectivity index (χ3n) is 5.51. The lowest BCUT2D eigenvalue weighted by Gasteiger charge is -2.10. The number of carboxylic acids is 2. The van der Waals surface area contributed by atoms with E-state index < -0.39 is 17.9 Å². The van der Waals surface area contributed by atoms with Crippen LogP contribution in [0.5, 0.6) is 5.75 Å². The zero-order valence-corrected chi connectivity index (χ0v) is 19.7. The molecular weight excluding hydrogens is 484 g/mol. The van der Waals surface area contributed by atoms with Crippen LogP contribution in [0.2, 0.25) is 0 Å². The molecule has 0 saturated heterocycles. The van der Waals surface area contributed by atoms with E-state index >= 15 is 0 Å². The van der Waals surface area contributed by atoms with Gasteiger partial charge in [0.2, 0.25) is 0 Å². The molecule has 0 aliphatic carbocycles. The fraction of sp³-hybridized carbons (Fsp3) is 0.154. The van der Waals surface area contributed by atoms with Crippen LogP contribution in [0.25, 0.3) is 10.2 Å². The Morgan fingerprint density at radius 2 is 1.64 bits per heavy atom. The van der Waals surface area contributed by atoms with Crippen LogP contribution in [0.15, 0.2) is 77.6 Å². The van der Waals surface area contributed by atoms with E-state index in [4.69, 9.17) is 14.9 Å². The second-order valence-electron chi connectivity index (χ2n) is 7.95. The predicted octanol–water partition coefficient (Wildman–Crippen LogP) is 3.72. The smallest absolute Gasteiger partial charge is 0.318 e. The maximum atomic E-state index is 12.5. The van der Waals surface area contributed by atoms with Gasteiger partial charge in [0.1, 0.15) is 12.4 Å². The Hall–Kier alpha value is -4.44. The highest BCUT2D eigenvalue weighted by Gasteiger charge is 2.25. The number of carbonyl (C=O) groups is 3. The molecule has 1 heterocycles. The molecule has 36 heavy (non-hydrogen) atoms. The molecule has 0 bridgehead atoms. The molecule has 0 saturated carbocycles. The van der Waals surface area contributed by atoms with Crippen LogP contribution in [-0.4, -0.2) is 39.2 Å². The number of hydrogen-bond acceptors (Lipinski definition) is 6. The maximum absolute atomic E-state index is 12.5. The van der Waals surface area contributed by atoms with Crippen molar-refractivity contribution in [3.8, 4) is 5.75 Å². The molecule has 4 aromatic rings. The number of aliphatic carboxylic acids is 2. The van der Waals surface area contributed by atoms with Crippen molar-refractivity contribution < 1.29 is 29.3 Å². The highest BCUT2D eigenvalue weighted by Crippen LogP contribution is 2.23. The predicted molar refractivity (Wildman–Crippen MR) is 135 cm³/mol. The molecule has 9 nitrogen and oxygen atoms in total. The fourth-order valence-corrected chi connectivity index (χ4v) is 4.60. The highest BCUT2D eigenvalue weighted by atomic mass is 32.1. The second kappa shape index (κ2) is 10.9. The minimum absolute atomic E-state index is 0.130. The van der Waals surface area contributed by atoms with Gasteiger partial charge in [0.05, 0.1) is 16.8 Å². The van der Waals surface area contributed by atoms with Gasteiger partial charge in [-0.05, 0) is 54.4 Å². The highest BCUT2D eigenvalue weighted by molar-refractivity contribution is 7.16. The molecule has 0 atom stereocenters. The Balaban J connectivity index is 1.37. The van der Waals surface area contributed by atoms with Gasteiger partial charge < -0.3 is 20.3 Å². The molecule has 0 spiro atoms. The number of benzene rings is 3. The molecule has 0 aliphatic heterocycles. The minimum atomic E-state index is -1.51. The number of aromatic nitrogens is 1. The van der Waals surface area contributed by atoms with Gasteiger partial charge >= 0.3 is 16.8 Å². The van der Waals surface area contributed by atoms with Crippen molar-refractivity contribution in [3.05, 3.63) is 93.6 Å². The summed E-state index contributed by atoms with van der Waals surface area (Å²) in [5, 5.41) is 20.9. The SMILES string of the molecule is O=C(Nc1ccc2c(c1)sc(=O)n2CCOc1ccc(CC(C(=O)O)C(=O)O)cc1)c1ccccc1. The van der Waals surface area contributed by atoms with Crippen LogP contribution < -0.4 is 14.9 Å². The first kappa shape index (κ1) is 24.7. The van der Waals surface area contributed by atoms with Crippen molar-refractivity contribution in [2.75, 3.05) is 11.9 Å². The Bertz CT molecular complexity index is 1450. The van der Waals surface area contributed by atoms with Crippen LogP contribution in [0, 0.1) is 5.92 Å². The number of hydrogen-bond donors (Lipinski definition) is 3. The van der Waals surface area contributed by atoms with Gasteiger partial charge in [-0.15, -0.1) is 0 Å². The molecule has 3 aromatic carbocycles. The summed E-state index contributed by atoms with van der Waals surface area (Å²) in [6, 6.07) is 20.6. The topological polar surface area (TPSA) is 135 Å². The number of rotatable bonds is 10. The Labute approximate surface area is 209 Å². The lowest BCUT2D eigenvalue weighted by atomic mass is 10.00. The molecule has 4 rings (SSSR count). The molecule has 0 unspecified atom stereocenters. The van der Waals surface area contributed by atoms with Crippen LogP contribution in [0.1, 0.15) is 15.9 Å². The van der Waals surface area contributed by atoms with E-state index in [9.17, 15) is 19.2 Å². The Morgan fingerprint density at radius 1 is 0.944 bits per heavy atom. The molecule has 1 aromatic heterocycles. The van der Waals surface area contributed by atoms with Crippen molar-refractivity contribution >= 4 is 45.1 Å². The van der Waals surface area contributed by atoms with Crippen LogP contribution >= 0.6 is 11.3 Å². The average molecular weight is 507 g/mol. The van der Waals surface area contributed by atoms with Crippen molar-refractivity contribution in [1.82, 2.24) is 4.57 Å². The Morgan fingerprint density at radius 3 is 2.31 bits per heavy atom. The zero-order chi connectivity index (χ0) is 25.7. The lowest BCUT2D eigenvalue weighted by Crippen LogP contribution is -2.25. The molecule has 184 valence electrons. The van der Waals surface area contributed by atoms with E-state index in [0.717, 1.165) is 21.6 Å². The van der Waals surface area contributed by atoms with Gasteiger partial charge in [0, 0.05) is 11.3 Å². The monoisotopic (exact) mass is 506 g/mol. The lowest BCUT2D eigenvalue weighted by molar-refractivity contribution is -0.154. The van der Waals surface area contributed by atoms with E-state index in [0.29, 0.717) is 29.1 Å². The van der Waals surface area contributed by atoms with Crippen molar-refractivity contribution in [2.45, 2.75) is 13.0 Å². The number of amides is 1. The van der Waals surface area contributed by atoms with Gasteiger partial charge in [-0.2, -0.15) is 0 Å². The van der Waals surface area contributed by atoms with Crippen LogP contribution in [-0.2, 0) is 22.6 Å². The Kier molecular flexibility index (Phi) is 7.45. The number of carbonyl (C=O) groups excluding carboxylic acids is 1. The number of anilines is 1. The zero-order valence-electron chi connectivity index (χ0n) is 18.9. The summed E-state index contributed by atoms with van der Waals surface area (Å²) in [5.74, 6) is -4.01. The van der Waals surface area contributed by atoms with Crippen LogP contribution in [0.4, 0.5) is 5.69 Å². The summed E-state index contributed by atoms with van der Waals surface area (Å²) in [6.07, 6.45) is -0.130. The average Bonchev–Trinajstić information content (AvgIpc) is 3.17. The first-order valence-corrected chi connectivity index (χ1v) is 11.8. The summed E-state index contributed by atoms with van der Waals surface area (Å²) >= 11 is 1.08. The van der Waals surface area contributed by atoms with E-state index in [1.54, 1.807) is 71.3 Å². The summed E-state index contributed by atoms with van der Waals surface area (Å²) in [5.41, 5.74) is 2.42. The van der Waals surface area contributed by atoms with Gasteiger partial charge in [0.15, 0.2) is 5.92 Å². The second-order valence-corrected chi connectivity index (χ2v) is 8.94. The number of thiazole rings is 1. The number of carboxylic acid groups (broad SMARTS) is 2. The largest absolute Gasteiger partial charge is 0.492 e. The fourth-order valence-electron chi connectivity index (χ4n) is 3.64. The normalized spacial score (nSPS) is 10.9. The molecule has 0 fully saturated rings. The molecule has 0 aliphatic rings. The molecule has 3 N–H and O–H groups in total. The number of fused-ring (bicyclic) bond motifs is 1. The van der Waals surface area contributed by atoms with Gasteiger partial charge in [-0.25, -0.2) is 0 Å². The van der Waals surface area contributed by atoms with Gasteiger partial charge in [-0.3, -0.25) is 23.7 Å². The number of nitrogens with zero attached hydrogens (tertiary/aromatic N) is 1. The van der Waals surface area contributed by atoms with Crippen LogP contribution in [0.3, 0.4) is 0 Å². The molecular formula is C26H22N2O7S. The third-order valence-corrected chi connectivity index (χ3v) is 6.45. The van der Waals surface area contributed by atoms with Gasteiger partial charge in [0.25, 0.3) is 5.91 Å². The third kappa shape index (κ3) is 5.78. The van der Waals surface area contributed by atoms with Crippen molar-refractivity contribution in [2.24, 2.45) is 5.92 Å². The number of nitrogens with one attached hydrogen (secondary N) is 1. The first-order valence-electron chi connectivity index (χ1n) is 11.0. The summed E-state index contributed by atoms with van der Waals surface area (Å²) < 4.78 is 8.06. The summed E-state index contributed by atoms with van der Waals surface area (Å²) in [7, 11) is 0. The summed E-state index contributed by atoms with van der Waals surface area (Å²) in [6.45, 7) is 0.515. The van der Waals surface area contributed by atoms with E-state index in [-0.39, 0.29) is 23.8 Å². The summed E-state index contributed by atoms with van der Waals surface area (Å²) in [4.78, 5) is 46.9. The minimum Gasteiger partial charge on any atom is -0.492 e.